The zero-order chi connectivity index (χ0) is 26.4. The molecule has 0 unspecified atom stereocenters. The van der Waals surface area contributed by atoms with Crippen LogP contribution in [0.1, 0.15) is 21.7 Å². The van der Waals surface area contributed by atoms with E-state index in [0.717, 1.165) is 16.9 Å². The van der Waals surface area contributed by atoms with Crippen molar-refractivity contribution in [1.82, 2.24) is 10.4 Å². The molecule has 2 amide bonds. The molecule has 0 saturated heterocycles. The van der Waals surface area contributed by atoms with Crippen molar-refractivity contribution in [1.29, 1.82) is 0 Å². The minimum Gasteiger partial charge on any atom is -0.361 e. The molecule has 4 N–H and O–H groups in total. The summed E-state index contributed by atoms with van der Waals surface area (Å²) >= 11 is 1.10. The predicted octanol–water partition coefficient (Wildman–Crippen LogP) is 3.34. The van der Waals surface area contributed by atoms with Gasteiger partial charge < -0.3 is 11.1 Å². The molecule has 0 radical (unpaired) electrons. The Hall–Kier alpha value is -4.98. The number of nitro benzene ring substituents is 2. The maximum absolute atomic E-state index is 11.6. The molecule has 0 aliphatic carbocycles. The number of primary amides is 1. The summed E-state index contributed by atoms with van der Waals surface area (Å²) in [6, 6.07) is 10.4. The van der Waals surface area contributed by atoms with Gasteiger partial charge in [-0.1, -0.05) is 23.5 Å². The second-order valence-corrected chi connectivity index (χ2v) is 8.32. The van der Waals surface area contributed by atoms with Crippen LogP contribution in [0.2, 0.25) is 0 Å². The number of hydrogen-bond acceptors (Lipinski definition) is 10. The van der Waals surface area contributed by atoms with E-state index in [1.807, 2.05) is 0 Å². The number of rotatable bonds is 8. The van der Waals surface area contributed by atoms with Gasteiger partial charge in [0.15, 0.2) is 5.13 Å². The Bertz CT molecular complexity index is 1410. The fourth-order valence-electron chi connectivity index (χ4n) is 2.91. The van der Waals surface area contributed by atoms with Gasteiger partial charge in [-0.05, 0) is 49.2 Å². The van der Waals surface area contributed by atoms with Crippen LogP contribution >= 0.6 is 11.3 Å². The first-order valence-electron chi connectivity index (χ1n) is 10.1. The van der Waals surface area contributed by atoms with E-state index in [2.05, 4.69) is 20.8 Å². The molecule has 14 heteroatoms. The first-order valence-corrected chi connectivity index (χ1v) is 11.0. The van der Waals surface area contributed by atoms with Crippen LogP contribution in [0.5, 0.6) is 0 Å². The van der Waals surface area contributed by atoms with Gasteiger partial charge in [-0.15, -0.1) is 0 Å². The predicted molar refractivity (Wildman–Crippen MR) is 134 cm³/mol. The first kappa shape index (κ1) is 25.6. The topological polar surface area (TPSA) is 196 Å². The number of nitro groups is 2. The lowest BCUT2D eigenvalue weighted by Gasteiger charge is -2.04. The Balaban J connectivity index is 1.95. The highest BCUT2D eigenvalue weighted by atomic mass is 32.1. The van der Waals surface area contributed by atoms with Crippen molar-refractivity contribution < 1.29 is 19.4 Å². The standard InChI is InChI=1S/C22H19N7O6S/c1-12-3-9-16(18(11-12)29(34)35)25-22-24-13(2)19(36-22)17(26-27-21(31)20(23)30)10-6-14-4-7-15(8-5-14)28(32)33/h3-11H,1-2H3,(H2,23,30)(H,24,25)(H,27,31)/b10-6+,26-17+. The SMILES string of the molecule is Cc1ccc(Nc2nc(C)c(C(/C=C/c3ccc([N+](=O)[O-])cc3)=N/NC(=O)C(N)=O)s2)c([N+](=O)[O-])c1. The van der Waals surface area contributed by atoms with E-state index in [9.17, 15) is 29.8 Å². The molecule has 0 fully saturated rings. The Morgan fingerprint density at radius 3 is 2.39 bits per heavy atom. The van der Waals surface area contributed by atoms with Crippen LogP contribution in [0.4, 0.5) is 22.2 Å². The molecule has 1 aromatic heterocycles. The van der Waals surface area contributed by atoms with Crippen LogP contribution in [0.25, 0.3) is 6.08 Å². The van der Waals surface area contributed by atoms with E-state index in [-0.39, 0.29) is 22.8 Å². The van der Waals surface area contributed by atoms with Gasteiger partial charge in [0.1, 0.15) is 11.4 Å². The number of amides is 2. The number of nitrogens with zero attached hydrogens (tertiary/aromatic N) is 4. The quantitative estimate of drug-likeness (QED) is 0.178. The molecular weight excluding hydrogens is 490 g/mol. The molecular formula is C22H19N7O6S. The van der Waals surface area contributed by atoms with Crippen LogP contribution in [0.15, 0.2) is 53.6 Å². The van der Waals surface area contributed by atoms with Gasteiger partial charge >= 0.3 is 11.8 Å². The number of aromatic nitrogens is 1. The zero-order valence-corrected chi connectivity index (χ0v) is 19.7. The van der Waals surface area contributed by atoms with Crippen LogP contribution < -0.4 is 16.5 Å². The Morgan fingerprint density at radius 1 is 1.08 bits per heavy atom. The summed E-state index contributed by atoms with van der Waals surface area (Å²) < 4.78 is 0. The van der Waals surface area contributed by atoms with Gasteiger partial charge in [0, 0.05) is 18.2 Å². The summed E-state index contributed by atoms with van der Waals surface area (Å²) in [4.78, 5) is 48.9. The lowest BCUT2D eigenvalue weighted by molar-refractivity contribution is -0.384. The summed E-state index contributed by atoms with van der Waals surface area (Å²) in [5, 5.41) is 29.5. The van der Waals surface area contributed by atoms with Gasteiger partial charge in [-0.2, -0.15) is 5.10 Å². The summed E-state index contributed by atoms with van der Waals surface area (Å²) in [6.07, 6.45) is 3.11. The number of benzene rings is 2. The molecule has 0 spiro atoms. The van der Waals surface area contributed by atoms with Crippen molar-refractivity contribution in [3.63, 3.8) is 0 Å². The lowest BCUT2D eigenvalue weighted by atomic mass is 10.1. The average molecular weight is 510 g/mol. The molecule has 2 aromatic carbocycles. The molecule has 1 heterocycles. The number of carbonyl (C=O) groups is 2. The third-order valence-corrected chi connectivity index (χ3v) is 5.76. The van der Waals surface area contributed by atoms with E-state index < -0.39 is 21.7 Å². The molecule has 13 nitrogen and oxygen atoms in total. The number of nitrogens with one attached hydrogen (secondary N) is 2. The highest BCUT2D eigenvalue weighted by Gasteiger charge is 2.18. The third-order valence-electron chi connectivity index (χ3n) is 4.66. The number of hydrogen-bond donors (Lipinski definition) is 3. The third kappa shape index (κ3) is 6.32. The zero-order valence-electron chi connectivity index (χ0n) is 18.9. The fourth-order valence-corrected chi connectivity index (χ4v) is 3.86. The molecule has 0 bridgehead atoms. The van der Waals surface area contributed by atoms with Gasteiger partial charge in [-0.25, -0.2) is 10.4 Å². The van der Waals surface area contributed by atoms with Crippen molar-refractivity contribution in [3.05, 3.63) is 90.5 Å². The van der Waals surface area contributed by atoms with Crippen LogP contribution in [0, 0.1) is 34.1 Å². The van der Waals surface area contributed by atoms with E-state index in [4.69, 9.17) is 5.73 Å². The minimum absolute atomic E-state index is 0.0750. The Morgan fingerprint density at radius 2 is 1.78 bits per heavy atom. The number of carbonyl (C=O) groups excluding carboxylic acids is 2. The number of non-ortho nitro benzene ring substituents is 1. The van der Waals surface area contributed by atoms with Gasteiger partial charge in [0.25, 0.3) is 11.4 Å². The van der Waals surface area contributed by atoms with Gasteiger partial charge in [0.2, 0.25) is 0 Å². The van der Waals surface area contributed by atoms with Crippen molar-refractivity contribution in [3.8, 4) is 0 Å². The summed E-state index contributed by atoms with van der Waals surface area (Å²) in [7, 11) is 0. The molecule has 3 aromatic rings. The monoisotopic (exact) mass is 509 g/mol. The number of hydrazone groups is 1. The van der Waals surface area contributed by atoms with Crippen molar-refractivity contribution in [2.24, 2.45) is 10.8 Å². The second-order valence-electron chi connectivity index (χ2n) is 7.32. The Labute approximate surface area is 207 Å². The number of anilines is 2. The summed E-state index contributed by atoms with van der Waals surface area (Å²) in [6.45, 7) is 3.41. The van der Waals surface area contributed by atoms with Crippen molar-refractivity contribution >= 4 is 57.1 Å². The molecule has 0 atom stereocenters. The highest BCUT2D eigenvalue weighted by Crippen LogP contribution is 2.32. The largest absolute Gasteiger partial charge is 0.361 e. The van der Waals surface area contributed by atoms with Crippen LogP contribution in [-0.2, 0) is 9.59 Å². The van der Waals surface area contributed by atoms with Crippen LogP contribution in [-0.4, -0.2) is 32.4 Å². The second kappa shape index (κ2) is 11.0. The van der Waals surface area contributed by atoms with E-state index in [1.165, 1.54) is 36.4 Å². The Kier molecular flexibility index (Phi) is 7.81. The fraction of sp³-hybridized carbons (Fsp3) is 0.0909. The molecule has 3 rings (SSSR count). The summed E-state index contributed by atoms with van der Waals surface area (Å²) in [5.74, 6) is -2.36. The maximum atomic E-state index is 11.6. The number of aryl methyl sites for hydroxylation is 2. The molecule has 0 saturated carbocycles. The van der Waals surface area contributed by atoms with Gasteiger partial charge in [0.05, 0.1) is 20.4 Å². The van der Waals surface area contributed by atoms with Gasteiger partial charge in [-0.3, -0.25) is 29.8 Å². The van der Waals surface area contributed by atoms with Crippen LogP contribution in [0.3, 0.4) is 0 Å². The smallest absolute Gasteiger partial charge is 0.329 e. The lowest BCUT2D eigenvalue weighted by Crippen LogP contribution is -2.33. The minimum atomic E-state index is -1.23. The molecule has 184 valence electrons. The highest BCUT2D eigenvalue weighted by molar-refractivity contribution is 7.18. The normalized spacial score (nSPS) is 11.3. The summed E-state index contributed by atoms with van der Waals surface area (Å²) in [5.41, 5.74) is 9.08. The molecule has 36 heavy (non-hydrogen) atoms. The van der Waals surface area contributed by atoms with E-state index in [0.29, 0.717) is 21.3 Å². The number of allylic oxidation sites excluding steroid dienone is 1. The van der Waals surface area contributed by atoms with Crippen molar-refractivity contribution in [2.75, 3.05) is 5.32 Å². The average Bonchev–Trinajstić information content (AvgIpc) is 3.19. The molecule has 0 aliphatic rings. The first-order chi connectivity index (χ1) is 17.0. The number of thiazole rings is 1. The number of nitrogens with two attached hydrogens (primary N) is 1. The van der Waals surface area contributed by atoms with Crippen molar-refractivity contribution in [2.45, 2.75) is 13.8 Å². The maximum Gasteiger partial charge on any atom is 0.329 e. The van der Waals surface area contributed by atoms with E-state index in [1.54, 1.807) is 32.1 Å². The van der Waals surface area contributed by atoms with E-state index >= 15 is 0 Å². The molecule has 0 aliphatic heterocycles.